The van der Waals surface area contributed by atoms with E-state index in [2.05, 4.69) is 11.6 Å². The number of aromatic carboxylic acids is 1. The molecule has 0 aliphatic rings. The van der Waals surface area contributed by atoms with Crippen molar-refractivity contribution in [2.45, 2.75) is 39.2 Å². The summed E-state index contributed by atoms with van der Waals surface area (Å²) in [5, 5.41) is 9.55. The van der Waals surface area contributed by atoms with Gasteiger partial charge in [-0.2, -0.15) is 0 Å². The molecule has 1 atom stereocenters. The van der Waals surface area contributed by atoms with Gasteiger partial charge < -0.3 is 10.8 Å². The summed E-state index contributed by atoms with van der Waals surface area (Å²) in [6.07, 6.45) is 2.61. The van der Waals surface area contributed by atoms with Crippen molar-refractivity contribution < 1.29 is 14.3 Å². The molecule has 0 aliphatic carbocycles. The van der Waals surface area contributed by atoms with Crippen molar-refractivity contribution >= 4 is 16.9 Å². The van der Waals surface area contributed by atoms with Crippen molar-refractivity contribution in [2.24, 2.45) is 5.73 Å². The number of fused-ring (bicyclic) bond motifs is 1. The fourth-order valence-corrected chi connectivity index (χ4v) is 3.85. The van der Waals surface area contributed by atoms with E-state index < -0.39 is 11.8 Å². The maximum atomic E-state index is 15.1. The number of carbonyl (C=O) groups is 1. The first-order chi connectivity index (χ1) is 13.6. The number of rotatable bonds is 6. The molecule has 0 amide bonds. The first-order valence-corrected chi connectivity index (χ1v) is 9.42. The number of aryl methyl sites for hydroxylation is 1. The molecule has 0 aliphatic heterocycles. The highest BCUT2D eigenvalue weighted by Gasteiger charge is 2.20. The zero-order valence-electron chi connectivity index (χ0n) is 16.9. The Bertz CT molecular complexity index is 1120. The molecule has 4 nitrogen and oxygen atoms in total. The molecule has 0 bridgehead atoms. The normalized spacial score (nSPS) is 13.3. The molecule has 1 unspecified atom stereocenters. The lowest BCUT2D eigenvalue weighted by Gasteiger charge is -2.25. The molecular weight excluding hydrogens is 367 g/mol. The molecule has 0 saturated heterocycles. The molecule has 150 valence electrons. The molecule has 0 radical (unpaired) electrons. The van der Waals surface area contributed by atoms with E-state index in [9.17, 15) is 4.79 Å². The van der Waals surface area contributed by atoms with Crippen LogP contribution >= 0.6 is 0 Å². The van der Waals surface area contributed by atoms with Gasteiger partial charge in [-0.1, -0.05) is 35.9 Å². The predicted octanol–water partition coefficient (Wildman–Crippen LogP) is 5.27. The second-order valence-electron chi connectivity index (χ2n) is 8.14. The van der Waals surface area contributed by atoms with Crippen molar-refractivity contribution in [3.8, 4) is 11.1 Å². The number of hydrogen-bond donors (Lipinski definition) is 2. The molecule has 3 N–H and O–H groups in total. The Kier molecular flexibility index (Phi) is 5.53. The Morgan fingerprint density at radius 3 is 2.55 bits per heavy atom. The third-order valence-corrected chi connectivity index (χ3v) is 4.93. The van der Waals surface area contributed by atoms with Crippen LogP contribution in [0.3, 0.4) is 0 Å². The summed E-state index contributed by atoms with van der Waals surface area (Å²) < 4.78 is 15.1. The second kappa shape index (κ2) is 7.76. The van der Waals surface area contributed by atoms with Crippen molar-refractivity contribution in [3.63, 3.8) is 0 Å². The van der Waals surface area contributed by atoms with Gasteiger partial charge in [0.25, 0.3) is 0 Å². The van der Waals surface area contributed by atoms with E-state index in [-0.39, 0.29) is 16.6 Å². The summed E-state index contributed by atoms with van der Waals surface area (Å²) in [5.74, 6) is -1.55. The van der Waals surface area contributed by atoms with E-state index in [0.717, 1.165) is 28.7 Å². The highest BCUT2D eigenvalue weighted by Crippen LogP contribution is 2.31. The molecule has 29 heavy (non-hydrogen) atoms. The van der Waals surface area contributed by atoms with Crippen LogP contribution in [-0.2, 0) is 6.42 Å². The van der Waals surface area contributed by atoms with Crippen LogP contribution < -0.4 is 5.73 Å². The highest BCUT2D eigenvalue weighted by molar-refractivity contribution is 5.94. The Hall–Kier alpha value is -3.05. The molecular formula is C24H25FN2O2. The average molecular weight is 392 g/mol. The molecule has 0 spiro atoms. The second-order valence-corrected chi connectivity index (χ2v) is 8.14. The molecule has 1 heterocycles. The predicted molar refractivity (Wildman–Crippen MR) is 115 cm³/mol. The number of nitrogens with two attached hydrogens (primary N) is 1. The van der Waals surface area contributed by atoms with Crippen molar-refractivity contribution in [2.75, 3.05) is 0 Å². The largest absolute Gasteiger partial charge is 0.478 e. The number of carboxylic acid groups (broad SMARTS) is 1. The first-order valence-electron chi connectivity index (χ1n) is 9.42. The van der Waals surface area contributed by atoms with E-state index >= 15 is 4.39 Å². The summed E-state index contributed by atoms with van der Waals surface area (Å²) in [6.45, 7) is 9.86. The lowest BCUT2D eigenvalue weighted by molar-refractivity contribution is 0.0696. The van der Waals surface area contributed by atoms with Gasteiger partial charge in [0.05, 0.1) is 5.56 Å². The molecule has 5 heteroatoms. The van der Waals surface area contributed by atoms with Gasteiger partial charge in [-0.25, -0.2) is 9.18 Å². The Balaban J connectivity index is 1.97. The zero-order chi connectivity index (χ0) is 21.3. The molecule has 3 rings (SSSR count). The minimum absolute atomic E-state index is 0.0322. The molecule has 2 aromatic carbocycles. The maximum Gasteiger partial charge on any atom is 0.337 e. The lowest BCUT2D eigenvalue weighted by atomic mass is 9.86. The van der Waals surface area contributed by atoms with Gasteiger partial charge in [0.1, 0.15) is 5.52 Å². The molecule has 3 aromatic rings. The minimum atomic E-state index is -1.09. The Labute approximate surface area is 169 Å². The lowest BCUT2D eigenvalue weighted by Crippen LogP contribution is -2.38. The monoisotopic (exact) mass is 392 g/mol. The van der Waals surface area contributed by atoms with E-state index in [1.54, 1.807) is 12.1 Å². The summed E-state index contributed by atoms with van der Waals surface area (Å²) >= 11 is 0. The third kappa shape index (κ3) is 4.51. The first kappa shape index (κ1) is 20.7. The standard InChI is InChI=1S/C24H25FN2O2/c1-14(2)11-24(4,26)12-16-5-7-19(15(3)9-16)20-8-6-17-10-18(23(28)29)13-27-22(17)21(20)25/h5-10,13H,1,11-12,26H2,2-4H3,(H,28,29). The smallest absolute Gasteiger partial charge is 0.337 e. The molecule has 1 aromatic heterocycles. The third-order valence-electron chi connectivity index (χ3n) is 4.93. The van der Waals surface area contributed by atoms with Gasteiger partial charge in [0, 0.05) is 22.7 Å². The fraction of sp³-hybridized carbons (Fsp3) is 0.250. The molecule has 0 saturated carbocycles. The quantitative estimate of drug-likeness (QED) is 0.560. The van der Waals surface area contributed by atoms with Crippen molar-refractivity contribution in [3.05, 3.63) is 77.3 Å². The minimum Gasteiger partial charge on any atom is -0.478 e. The van der Waals surface area contributed by atoms with Crippen LogP contribution in [0.15, 0.2) is 54.7 Å². The molecule has 0 fully saturated rings. The van der Waals surface area contributed by atoms with Crippen LogP contribution in [0, 0.1) is 12.7 Å². The number of carboxylic acids is 1. The van der Waals surface area contributed by atoms with Crippen molar-refractivity contribution in [1.82, 2.24) is 4.98 Å². The van der Waals surface area contributed by atoms with Crippen LogP contribution in [0.25, 0.3) is 22.0 Å². The van der Waals surface area contributed by atoms with E-state index in [0.29, 0.717) is 17.4 Å². The van der Waals surface area contributed by atoms with Gasteiger partial charge in [0.15, 0.2) is 5.82 Å². The van der Waals surface area contributed by atoms with E-state index in [1.165, 1.54) is 12.3 Å². The zero-order valence-corrected chi connectivity index (χ0v) is 16.9. The number of hydrogen-bond acceptors (Lipinski definition) is 3. The van der Waals surface area contributed by atoms with Gasteiger partial charge in [0.2, 0.25) is 0 Å². The van der Waals surface area contributed by atoms with Crippen LogP contribution in [0.2, 0.25) is 0 Å². The Morgan fingerprint density at radius 1 is 1.24 bits per heavy atom. The van der Waals surface area contributed by atoms with Crippen LogP contribution in [0.5, 0.6) is 0 Å². The fourth-order valence-electron chi connectivity index (χ4n) is 3.85. The van der Waals surface area contributed by atoms with Crippen LogP contribution in [0.1, 0.15) is 41.8 Å². The van der Waals surface area contributed by atoms with Gasteiger partial charge in [-0.05, 0) is 56.4 Å². The van der Waals surface area contributed by atoms with Gasteiger partial charge in [-0.3, -0.25) is 4.98 Å². The summed E-state index contributed by atoms with van der Waals surface area (Å²) in [5.41, 5.74) is 10.5. The average Bonchev–Trinajstić information content (AvgIpc) is 2.61. The Morgan fingerprint density at radius 2 is 1.93 bits per heavy atom. The number of benzene rings is 2. The summed E-state index contributed by atoms with van der Waals surface area (Å²) in [4.78, 5) is 15.1. The number of aromatic nitrogens is 1. The number of nitrogens with zero attached hydrogens (tertiary/aromatic N) is 1. The van der Waals surface area contributed by atoms with Gasteiger partial charge >= 0.3 is 5.97 Å². The van der Waals surface area contributed by atoms with E-state index in [1.807, 2.05) is 39.0 Å². The number of pyridine rings is 1. The van der Waals surface area contributed by atoms with Gasteiger partial charge in [-0.15, -0.1) is 6.58 Å². The summed E-state index contributed by atoms with van der Waals surface area (Å²) in [7, 11) is 0. The SMILES string of the molecule is C=C(C)CC(C)(N)Cc1ccc(-c2ccc3cc(C(=O)O)cnc3c2F)c(C)c1. The maximum absolute atomic E-state index is 15.1. The topological polar surface area (TPSA) is 76.2 Å². The highest BCUT2D eigenvalue weighted by atomic mass is 19.1. The van der Waals surface area contributed by atoms with Crippen LogP contribution in [0.4, 0.5) is 4.39 Å². The number of halogens is 1. The van der Waals surface area contributed by atoms with Crippen LogP contribution in [-0.4, -0.2) is 21.6 Å². The summed E-state index contributed by atoms with van der Waals surface area (Å²) in [6, 6.07) is 10.7. The van der Waals surface area contributed by atoms with Crippen molar-refractivity contribution in [1.29, 1.82) is 0 Å². The van der Waals surface area contributed by atoms with E-state index in [4.69, 9.17) is 10.8 Å².